The molecule has 0 bridgehead atoms. The van der Waals surface area contributed by atoms with Crippen molar-refractivity contribution >= 4 is 23.4 Å². The Balaban J connectivity index is 2.06. The minimum absolute atomic E-state index is 0.0103. The van der Waals surface area contributed by atoms with Gasteiger partial charge in [-0.25, -0.2) is 0 Å². The van der Waals surface area contributed by atoms with E-state index in [1.807, 2.05) is 4.90 Å². The quantitative estimate of drug-likeness (QED) is 0.743. The van der Waals surface area contributed by atoms with Crippen LogP contribution in [0.4, 0.5) is 0 Å². The largest absolute Gasteiger partial charge is 0.496 e. The number of benzene rings is 1. The molecule has 2 amide bonds. The molecule has 1 aromatic rings. The molecular weight excluding hydrogens is 340 g/mol. The zero-order valence-corrected chi connectivity index (χ0v) is 16.2. The smallest absolute Gasteiger partial charge is 0.228 e. The molecule has 1 fully saturated rings. The Kier molecular flexibility index (Phi) is 6.71. The van der Waals surface area contributed by atoms with Crippen LogP contribution in [0.2, 0.25) is 5.02 Å². The van der Waals surface area contributed by atoms with Crippen LogP contribution >= 0.6 is 11.6 Å². The monoisotopic (exact) mass is 366 g/mol. The van der Waals surface area contributed by atoms with E-state index >= 15 is 0 Å². The fraction of sp³-hybridized carbons (Fsp3) is 0.579. The van der Waals surface area contributed by atoms with Crippen LogP contribution in [0, 0.1) is 5.92 Å². The van der Waals surface area contributed by atoms with E-state index in [9.17, 15) is 9.59 Å². The topological polar surface area (TPSA) is 49.9 Å². The third-order valence-corrected chi connectivity index (χ3v) is 5.15. The first-order valence-electron chi connectivity index (χ1n) is 8.78. The van der Waals surface area contributed by atoms with E-state index in [1.165, 1.54) is 0 Å². The average molecular weight is 367 g/mol. The molecule has 2 rings (SSSR count). The number of methoxy groups -OCH3 is 1. The summed E-state index contributed by atoms with van der Waals surface area (Å²) in [6.45, 7) is 5.07. The van der Waals surface area contributed by atoms with E-state index < -0.39 is 0 Å². The molecule has 1 unspecified atom stereocenters. The standard InChI is InChI=1S/C19H27ClN2O3/c1-5-16(6-2)22-12-14(10-18(22)23)19(24)21(3)11-13-9-15(20)7-8-17(13)25-4/h7-9,14,16H,5-6,10-12H2,1-4H3. The highest BCUT2D eigenvalue weighted by Gasteiger charge is 2.38. The van der Waals surface area contributed by atoms with Crippen molar-refractivity contribution < 1.29 is 14.3 Å². The molecule has 1 heterocycles. The summed E-state index contributed by atoms with van der Waals surface area (Å²) < 4.78 is 5.34. The predicted octanol–water partition coefficient (Wildman–Crippen LogP) is 3.34. The molecule has 1 aromatic carbocycles. The number of hydrogen-bond acceptors (Lipinski definition) is 3. The van der Waals surface area contributed by atoms with E-state index in [-0.39, 0.29) is 23.8 Å². The maximum Gasteiger partial charge on any atom is 0.228 e. The predicted molar refractivity (Wildman–Crippen MR) is 98.7 cm³/mol. The highest BCUT2D eigenvalue weighted by atomic mass is 35.5. The van der Waals surface area contributed by atoms with E-state index in [0.29, 0.717) is 30.3 Å². The molecule has 0 N–H and O–H groups in total. The molecule has 138 valence electrons. The van der Waals surface area contributed by atoms with Crippen molar-refractivity contribution in [1.29, 1.82) is 0 Å². The number of halogens is 1. The first-order valence-corrected chi connectivity index (χ1v) is 9.15. The van der Waals surface area contributed by atoms with Crippen molar-refractivity contribution in [3.8, 4) is 5.75 Å². The molecule has 0 aliphatic carbocycles. The van der Waals surface area contributed by atoms with E-state index in [1.54, 1.807) is 37.3 Å². The van der Waals surface area contributed by atoms with Crippen LogP contribution in [-0.4, -0.2) is 48.4 Å². The number of carbonyl (C=O) groups excluding carboxylic acids is 2. The van der Waals surface area contributed by atoms with Crippen molar-refractivity contribution in [2.24, 2.45) is 5.92 Å². The zero-order valence-electron chi connectivity index (χ0n) is 15.4. The Bertz CT molecular complexity index is 631. The van der Waals surface area contributed by atoms with Gasteiger partial charge in [-0.3, -0.25) is 9.59 Å². The summed E-state index contributed by atoms with van der Waals surface area (Å²) in [6.07, 6.45) is 2.13. The van der Waals surface area contributed by atoms with Gasteiger partial charge in [-0.05, 0) is 31.0 Å². The number of carbonyl (C=O) groups is 2. The van der Waals surface area contributed by atoms with Gasteiger partial charge in [-0.15, -0.1) is 0 Å². The number of amides is 2. The van der Waals surface area contributed by atoms with Crippen LogP contribution in [-0.2, 0) is 16.1 Å². The number of likely N-dealkylation sites (tertiary alicyclic amines) is 1. The summed E-state index contributed by atoms with van der Waals surface area (Å²) in [7, 11) is 3.35. The van der Waals surface area contributed by atoms with Gasteiger partial charge in [0.15, 0.2) is 0 Å². The summed E-state index contributed by atoms with van der Waals surface area (Å²) in [4.78, 5) is 28.6. The number of rotatable bonds is 7. The van der Waals surface area contributed by atoms with Crippen molar-refractivity contribution in [3.05, 3.63) is 28.8 Å². The lowest BCUT2D eigenvalue weighted by molar-refractivity contribution is -0.135. The number of ether oxygens (including phenoxy) is 1. The number of nitrogens with zero attached hydrogens (tertiary/aromatic N) is 2. The second-order valence-corrected chi connectivity index (χ2v) is 7.00. The SMILES string of the molecule is CCC(CC)N1CC(C(=O)N(C)Cc2cc(Cl)ccc2OC)CC1=O. The maximum absolute atomic E-state index is 12.8. The minimum Gasteiger partial charge on any atom is -0.496 e. The summed E-state index contributed by atoms with van der Waals surface area (Å²) in [6, 6.07) is 5.59. The molecule has 1 aliphatic rings. The second-order valence-electron chi connectivity index (χ2n) is 6.57. The summed E-state index contributed by atoms with van der Waals surface area (Å²) in [5.74, 6) is 0.498. The van der Waals surface area contributed by atoms with Gasteiger partial charge >= 0.3 is 0 Å². The highest BCUT2D eigenvalue weighted by Crippen LogP contribution is 2.27. The molecule has 1 atom stereocenters. The van der Waals surface area contributed by atoms with Crippen molar-refractivity contribution in [2.75, 3.05) is 20.7 Å². The summed E-state index contributed by atoms with van der Waals surface area (Å²) in [5, 5.41) is 0.604. The summed E-state index contributed by atoms with van der Waals surface area (Å²) in [5.41, 5.74) is 0.854. The van der Waals surface area contributed by atoms with Crippen LogP contribution in [0.5, 0.6) is 5.75 Å². The minimum atomic E-state index is -0.275. The summed E-state index contributed by atoms with van der Waals surface area (Å²) >= 11 is 6.06. The Hall–Kier alpha value is -1.75. The van der Waals surface area contributed by atoms with Gasteiger partial charge in [0.05, 0.1) is 13.0 Å². The Labute approximate surface area is 154 Å². The van der Waals surface area contributed by atoms with Gasteiger partial charge in [0.25, 0.3) is 0 Å². The molecule has 6 heteroatoms. The van der Waals surface area contributed by atoms with Gasteiger partial charge in [-0.2, -0.15) is 0 Å². The lowest BCUT2D eigenvalue weighted by atomic mass is 10.1. The lowest BCUT2D eigenvalue weighted by Gasteiger charge is -2.27. The van der Waals surface area contributed by atoms with Gasteiger partial charge in [0.1, 0.15) is 5.75 Å². The first-order chi connectivity index (χ1) is 11.9. The Morgan fingerprint density at radius 3 is 2.68 bits per heavy atom. The van der Waals surface area contributed by atoms with Crippen molar-refractivity contribution in [1.82, 2.24) is 9.80 Å². The highest BCUT2D eigenvalue weighted by molar-refractivity contribution is 6.30. The van der Waals surface area contributed by atoms with Crippen LogP contribution in [0.3, 0.4) is 0 Å². The fourth-order valence-corrected chi connectivity index (χ4v) is 3.69. The molecule has 0 saturated carbocycles. The van der Waals surface area contributed by atoms with E-state index in [4.69, 9.17) is 16.3 Å². The van der Waals surface area contributed by atoms with Gasteiger partial charge in [0.2, 0.25) is 11.8 Å². The van der Waals surface area contributed by atoms with E-state index in [2.05, 4.69) is 13.8 Å². The van der Waals surface area contributed by atoms with Crippen molar-refractivity contribution in [2.45, 2.75) is 45.7 Å². The molecule has 1 saturated heterocycles. The first kappa shape index (κ1) is 19.6. The lowest BCUT2D eigenvalue weighted by Crippen LogP contribution is -2.38. The van der Waals surface area contributed by atoms with Gasteiger partial charge in [-0.1, -0.05) is 25.4 Å². The van der Waals surface area contributed by atoms with Gasteiger partial charge in [0, 0.05) is 43.2 Å². The molecule has 5 nitrogen and oxygen atoms in total. The molecule has 25 heavy (non-hydrogen) atoms. The Morgan fingerprint density at radius 1 is 1.40 bits per heavy atom. The van der Waals surface area contributed by atoms with Crippen molar-refractivity contribution in [3.63, 3.8) is 0 Å². The molecule has 0 radical (unpaired) electrons. The fourth-order valence-electron chi connectivity index (χ4n) is 3.50. The maximum atomic E-state index is 12.8. The molecule has 0 aromatic heterocycles. The zero-order chi connectivity index (χ0) is 18.6. The molecule has 0 spiro atoms. The average Bonchev–Trinajstić information content (AvgIpc) is 2.97. The van der Waals surface area contributed by atoms with Crippen LogP contribution in [0.15, 0.2) is 18.2 Å². The second kappa shape index (κ2) is 8.56. The van der Waals surface area contributed by atoms with Crippen LogP contribution in [0.1, 0.15) is 38.7 Å². The third-order valence-electron chi connectivity index (χ3n) is 4.92. The molecule has 1 aliphatic heterocycles. The van der Waals surface area contributed by atoms with Gasteiger partial charge < -0.3 is 14.5 Å². The van der Waals surface area contributed by atoms with Crippen LogP contribution in [0.25, 0.3) is 0 Å². The number of hydrogen-bond donors (Lipinski definition) is 0. The van der Waals surface area contributed by atoms with Crippen LogP contribution < -0.4 is 4.74 Å². The molecular formula is C19H27ClN2O3. The Morgan fingerprint density at radius 2 is 2.08 bits per heavy atom. The third kappa shape index (κ3) is 4.46. The normalized spacial score (nSPS) is 17.3. The van der Waals surface area contributed by atoms with E-state index in [0.717, 1.165) is 18.4 Å².